The highest BCUT2D eigenvalue weighted by molar-refractivity contribution is 6.31. The Morgan fingerprint density at radius 2 is 0.928 bits per heavy atom. The highest BCUT2D eigenvalue weighted by Gasteiger charge is 2.17. The molecule has 5 aromatic carbocycles. The normalized spacial score (nSPS) is 17.5. The zero-order valence-corrected chi connectivity index (χ0v) is 41.2. The zero-order chi connectivity index (χ0) is 48.2. The van der Waals surface area contributed by atoms with Crippen LogP contribution in [0.5, 0.6) is 0 Å². The molecular weight excluding hydrogens is 925 g/mol. The second-order valence-electron chi connectivity index (χ2n) is 17.9. The van der Waals surface area contributed by atoms with Gasteiger partial charge >= 0.3 is 0 Å². The summed E-state index contributed by atoms with van der Waals surface area (Å²) in [7, 11) is 0. The number of halogens is 3. The minimum absolute atomic E-state index is 0.118. The van der Waals surface area contributed by atoms with Crippen molar-refractivity contribution >= 4 is 69.6 Å². The molecule has 9 rings (SSSR count). The molecule has 4 heterocycles. The lowest BCUT2D eigenvalue weighted by atomic mass is 9.91. The minimum Gasteiger partial charge on any atom is -0.322 e. The fourth-order valence-corrected chi connectivity index (χ4v) is 9.04. The number of carbonyl (C=O) groups excluding carboxylic acids is 3. The average molecular weight is 988 g/mol. The van der Waals surface area contributed by atoms with Gasteiger partial charge in [0.25, 0.3) is 17.7 Å². The predicted octanol–water partition coefficient (Wildman–Crippen LogP) is 12.1. The Balaban J connectivity index is 0.000000153. The van der Waals surface area contributed by atoms with Crippen molar-refractivity contribution in [3.8, 4) is 0 Å². The monoisotopic (exact) mass is 985 g/mol. The zero-order valence-electron chi connectivity index (χ0n) is 38.9. The molecule has 0 aliphatic carbocycles. The van der Waals surface area contributed by atoms with E-state index in [1.807, 2.05) is 36.4 Å². The maximum atomic E-state index is 12.2. The van der Waals surface area contributed by atoms with Crippen LogP contribution >= 0.6 is 34.8 Å². The van der Waals surface area contributed by atoms with Crippen LogP contribution in [0, 0.1) is 11.8 Å². The first kappa shape index (κ1) is 51.3. The molecule has 0 radical (unpaired) electrons. The van der Waals surface area contributed by atoms with E-state index in [9.17, 15) is 14.4 Å². The van der Waals surface area contributed by atoms with E-state index >= 15 is 0 Å². The molecular formula is C56H62Cl3N7O3. The highest BCUT2D eigenvalue weighted by Crippen LogP contribution is 2.25. The molecule has 6 aromatic rings. The van der Waals surface area contributed by atoms with Crippen LogP contribution in [0.4, 0.5) is 17.1 Å². The molecule has 69 heavy (non-hydrogen) atoms. The lowest BCUT2D eigenvalue weighted by Gasteiger charge is -2.23. The molecule has 10 nitrogen and oxygen atoms in total. The number of piperidine rings is 2. The van der Waals surface area contributed by atoms with E-state index in [-0.39, 0.29) is 17.7 Å². The number of hydrogen-bond acceptors (Lipinski definition) is 7. The predicted molar refractivity (Wildman–Crippen MR) is 283 cm³/mol. The quantitative estimate of drug-likeness (QED) is 0.0678. The van der Waals surface area contributed by atoms with Crippen LogP contribution in [0.25, 0.3) is 0 Å². The average Bonchev–Trinajstić information content (AvgIpc) is 3.92. The first-order chi connectivity index (χ1) is 33.6. The molecule has 0 saturated carbocycles. The van der Waals surface area contributed by atoms with E-state index in [4.69, 9.17) is 34.8 Å². The molecule has 13 heteroatoms. The van der Waals surface area contributed by atoms with E-state index in [0.717, 1.165) is 74.5 Å². The van der Waals surface area contributed by atoms with Gasteiger partial charge in [0.15, 0.2) is 0 Å². The third kappa shape index (κ3) is 17.1. The van der Waals surface area contributed by atoms with E-state index < -0.39 is 0 Å². The minimum atomic E-state index is -0.230. The summed E-state index contributed by atoms with van der Waals surface area (Å²) < 4.78 is 0. The van der Waals surface area contributed by atoms with Crippen LogP contribution in [0.2, 0.25) is 15.1 Å². The third-order valence-corrected chi connectivity index (χ3v) is 13.5. The van der Waals surface area contributed by atoms with Crippen LogP contribution in [0.15, 0.2) is 140 Å². The van der Waals surface area contributed by atoms with Gasteiger partial charge in [-0.15, -0.1) is 0 Å². The fraction of sp³-hybridized carbons (Fsp3) is 0.321. The highest BCUT2D eigenvalue weighted by atomic mass is 35.5. The molecule has 0 bridgehead atoms. The van der Waals surface area contributed by atoms with Crippen molar-refractivity contribution in [3.05, 3.63) is 188 Å². The van der Waals surface area contributed by atoms with Crippen molar-refractivity contribution in [1.82, 2.24) is 20.9 Å². The van der Waals surface area contributed by atoms with Gasteiger partial charge in [0, 0.05) is 51.0 Å². The second kappa shape index (κ2) is 27.0. The standard InChI is InChI=1S/C20H23ClN2O.C18H20ClN3O.C18H19ClN2O/c21-18-9-7-17(8-10-18)20(24)23-19-11-5-15(6-12-19)3-4-16-2-1-13-22-14-16;19-15-5-8-17(21-12-15)18(23)22-16-6-3-13(4-7-16)1-2-14-9-10-20-11-14;19-16-7-3-14(4-8-16)18(22)21-17-9-5-13(6-10-17)15-2-1-11-20-12-15/h5-12,16,22H,1-4,13-14H2,(H,23,24);3-8,12,14,20H,1-2,9-11H2,(H,22,23);3-10,15,20H,1-2,11-12H2,(H,21,22)/t;;15-/m..0/s1. The second-order valence-corrected chi connectivity index (χ2v) is 19.3. The van der Waals surface area contributed by atoms with E-state index in [1.54, 1.807) is 60.7 Å². The van der Waals surface area contributed by atoms with Crippen molar-refractivity contribution in [2.75, 3.05) is 55.2 Å². The van der Waals surface area contributed by atoms with Gasteiger partial charge in [-0.2, -0.15) is 0 Å². The molecule has 3 amide bonds. The maximum Gasteiger partial charge on any atom is 0.274 e. The summed E-state index contributed by atoms with van der Waals surface area (Å²) in [5, 5.41) is 20.7. The molecule has 1 aromatic heterocycles. The van der Waals surface area contributed by atoms with Crippen LogP contribution in [0.3, 0.4) is 0 Å². The van der Waals surface area contributed by atoms with Crippen molar-refractivity contribution in [2.45, 2.75) is 63.7 Å². The van der Waals surface area contributed by atoms with Gasteiger partial charge in [-0.3, -0.25) is 14.4 Å². The summed E-state index contributed by atoms with van der Waals surface area (Å²) in [6.45, 7) is 6.76. The summed E-state index contributed by atoms with van der Waals surface area (Å²) in [5.74, 6) is 1.70. The van der Waals surface area contributed by atoms with Gasteiger partial charge in [-0.05, 0) is 222 Å². The molecule has 360 valence electrons. The van der Waals surface area contributed by atoms with Crippen LogP contribution in [-0.2, 0) is 12.8 Å². The van der Waals surface area contributed by atoms with Gasteiger partial charge in [0.2, 0.25) is 0 Å². The van der Waals surface area contributed by atoms with Crippen molar-refractivity contribution in [3.63, 3.8) is 0 Å². The van der Waals surface area contributed by atoms with Gasteiger partial charge in [-0.25, -0.2) is 4.98 Å². The number of rotatable bonds is 13. The van der Waals surface area contributed by atoms with E-state index in [0.29, 0.717) is 37.8 Å². The van der Waals surface area contributed by atoms with Gasteiger partial charge in [0.05, 0.1) is 5.02 Å². The number of aromatic nitrogens is 1. The molecule has 3 aliphatic heterocycles. The van der Waals surface area contributed by atoms with Crippen molar-refractivity contribution in [2.24, 2.45) is 11.8 Å². The number of anilines is 3. The first-order valence-corrected chi connectivity index (χ1v) is 25.2. The molecule has 3 atom stereocenters. The number of carbonyl (C=O) groups is 3. The fourth-order valence-electron chi connectivity index (χ4n) is 8.67. The smallest absolute Gasteiger partial charge is 0.274 e. The van der Waals surface area contributed by atoms with Crippen molar-refractivity contribution < 1.29 is 14.4 Å². The topological polar surface area (TPSA) is 136 Å². The molecule has 3 fully saturated rings. The Morgan fingerprint density at radius 3 is 1.38 bits per heavy atom. The molecule has 6 N–H and O–H groups in total. The molecule has 0 spiro atoms. The number of amides is 3. The Hall–Kier alpha value is -5.59. The van der Waals surface area contributed by atoms with Crippen LogP contribution in [-0.4, -0.2) is 62.0 Å². The number of aryl methyl sites for hydroxylation is 2. The number of hydrogen-bond donors (Lipinski definition) is 6. The van der Waals surface area contributed by atoms with Crippen LogP contribution < -0.4 is 31.9 Å². The van der Waals surface area contributed by atoms with Gasteiger partial charge in [0.1, 0.15) is 5.69 Å². The number of nitrogens with zero attached hydrogens (tertiary/aromatic N) is 1. The lowest BCUT2D eigenvalue weighted by Crippen LogP contribution is -2.29. The van der Waals surface area contributed by atoms with Crippen LogP contribution in [0.1, 0.15) is 98.8 Å². The lowest BCUT2D eigenvalue weighted by molar-refractivity contribution is 0.101. The maximum absolute atomic E-state index is 12.2. The van der Waals surface area contributed by atoms with Crippen molar-refractivity contribution in [1.29, 1.82) is 0 Å². The molecule has 3 aliphatic rings. The molecule has 2 unspecified atom stereocenters. The third-order valence-electron chi connectivity index (χ3n) is 12.8. The SMILES string of the molecule is O=C(Nc1ccc(CCC2CCCNC2)cc1)c1ccc(Cl)cc1.O=C(Nc1ccc(CCC2CCNC2)cc1)c1ccc(Cl)cn1.O=C(Nc1ccc([C@H]2CCCNC2)cc1)c1ccc(Cl)cc1. The Labute approximate surface area is 421 Å². The van der Waals surface area contributed by atoms with E-state index in [2.05, 4.69) is 73.3 Å². The summed E-state index contributed by atoms with van der Waals surface area (Å²) in [6, 6.07) is 41.4. The summed E-state index contributed by atoms with van der Waals surface area (Å²) in [5.41, 5.74) is 7.93. The van der Waals surface area contributed by atoms with Gasteiger partial charge in [-0.1, -0.05) is 71.2 Å². The number of benzene rings is 5. The summed E-state index contributed by atoms with van der Waals surface area (Å²) >= 11 is 17.4. The molecule has 3 saturated heterocycles. The number of pyridine rings is 1. The Morgan fingerprint density at radius 1 is 0.478 bits per heavy atom. The van der Waals surface area contributed by atoms with Gasteiger partial charge < -0.3 is 31.9 Å². The Bertz CT molecular complexity index is 2510. The summed E-state index contributed by atoms with van der Waals surface area (Å²) in [6.07, 6.45) is 12.4. The van der Waals surface area contributed by atoms with E-state index in [1.165, 1.54) is 74.4 Å². The largest absolute Gasteiger partial charge is 0.322 e. The summed E-state index contributed by atoms with van der Waals surface area (Å²) in [4.78, 5) is 40.4. The first-order valence-electron chi connectivity index (χ1n) is 24.1. The Kier molecular flexibility index (Phi) is 20.0. The number of nitrogens with one attached hydrogen (secondary N) is 6.